The van der Waals surface area contributed by atoms with Crippen LogP contribution in [0.5, 0.6) is 0 Å². The summed E-state index contributed by atoms with van der Waals surface area (Å²) in [4.78, 5) is 0. The monoisotopic (exact) mass is 207 g/mol. The molecule has 1 atom stereocenters. The van der Waals surface area contributed by atoms with E-state index in [0.717, 1.165) is 6.92 Å². The van der Waals surface area contributed by atoms with Crippen LogP contribution in [0.4, 0.5) is 13.2 Å². The van der Waals surface area contributed by atoms with Crippen LogP contribution in [0.15, 0.2) is 0 Å². The molecule has 0 rings (SSSR count). The van der Waals surface area contributed by atoms with E-state index in [9.17, 15) is 21.6 Å². The van der Waals surface area contributed by atoms with Gasteiger partial charge in [0.2, 0.25) is 0 Å². The van der Waals surface area contributed by atoms with Crippen LogP contribution in [0.1, 0.15) is 6.92 Å². The van der Waals surface area contributed by atoms with Crippen molar-refractivity contribution in [3.8, 4) is 0 Å². The lowest BCUT2D eigenvalue weighted by molar-refractivity contribution is -0.0451. The Morgan fingerprint density at radius 2 is 1.92 bits per heavy atom. The Labute approximate surface area is 67.4 Å². The lowest BCUT2D eigenvalue weighted by Gasteiger charge is -2.12. The predicted octanol–water partition coefficient (Wildman–Crippen LogP) is -0.194. The average Bonchev–Trinajstić information content (AvgIpc) is 1.84. The number of alkyl halides is 3. The molecule has 2 N–H and O–H groups in total. The van der Waals surface area contributed by atoms with Gasteiger partial charge in [0.1, 0.15) is 0 Å². The summed E-state index contributed by atoms with van der Waals surface area (Å²) in [6.07, 6.45) is 0. The largest absolute Gasteiger partial charge is 0.511 e. The highest BCUT2D eigenvalue weighted by atomic mass is 32.2. The second-order valence-electron chi connectivity index (χ2n) is 2.15. The topological polar surface area (TPSA) is 66.4 Å². The van der Waals surface area contributed by atoms with Crippen molar-refractivity contribution < 1.29 is 26.7 Å². The van der Waals surface area contributed by atoms with Gasteiger partial charge in [-0.15, -0.1) is 0 Å². The molecule has 8 heteroatoms. The molecule has 12 heavy (non-hydrogen) atoms. The number of rotatable bonds is 3. The third-order valence-corrected chi connectivity index (χ3v) is 2.26. The summed E-state index contributed by atoms with van der Waals surface area (Å²) in [6, 6.07) is -1.14. The number of hydrogen-bond donors (Lipinski definition) is 2. The van der Waals surface area contributed by atoms with Gasteiger partial charge in [0.05, 0.1) is 6.61 Å². The summed E-state index contributed by atoms with van der Waals surface area (Å²) in [7, 11) is -5.32. The molecule has 0 radical (unpaired) electrons. The molecule has 0 heterocycles. The quantitative estimate of drug-likeness (QED) is 0.673. The van der Waals surface area contributed by atoms with E-state index in [1.807, 2.05) is 0 Å². The smallest absolute Gasteiger partial charge is 0.395 e. The summed E-state index contributed by atoms with van der Waals surface area (Å²) in [5.74, 6) is 0. The lowest BCUT2D eigenvalue weighted by atomic mass is 10.4. The van der Waals surface area contributed by atoms with E-state index in [0.29, 0.717) is 0 Å². The van der Waals surface area contributed by atoms with Crippen LogP contribution >= 0.6 is 0 Å². The molecule has 0 aromatic rings. The fourth-order valence-corrected chi connectivity index (χ4v) is 1.11. The van der Waals surface area contributed by atoms with Crippen molar-refractivity contribution in [2.24, 2.45) is 0 Å². The highest BCUT2D eigenvalue weighted by molar-refractivity contribution is 7.90. The first-order valence-electron chi connectivity index (χ1n) is 2.90. The van der Waals surface area contributed by atoms with Gasteiger partial charge in [-0.1, -0.05) is 0 Å². The van der Waals surface area contributed by atoms with Gasteiger partial charge in [-0.2, -0.15) is 13.2 Å². The van der Waals surface area contributed by atoms with Crippen molar-refractivity contribution in [2.75, 3.05) is 6.61 Å². The zero-order valence-electron chi connectivity index (χ0n) is 6.09. The summed E-state index contributed by atoms with van der Waals surface area (Å²) in [6.45, 7) is 0.429. The summed E-state index contributed by atoms with van der Waals surface area (Å²) >= 11 is 0. The molecule has 0 spiro atoms. The van der Waals surface area contributed by atoms with Gasteiger partial charge in [0.25, 0.3) is 0 Å². The number of hydrogen-bond acceptors (Lipinski definition) is 3. The maximum Gasteiger partial charge on any atom is 0.511 e. The van der Waals surface area contributed by atoms with Gasteiger partial charge >= 0.3 is 15.5 Å². The van der Waals surface area contributed by atoms with Crippen molar-refractivity contribution in [1.29, 1.82) is 0 Å². The molecule has 4 nitrogen and oxygen atoms in total. The molecule has 0 aromatic heterocycles. The summed E-state index contributed by atoms with van der Waals surface area (Å²) in [5.41, 5.74) is -5.32. The first-order chi connectivity index (χ1) is 5.20. The maximum absolute atomic E-state index is 11.6. The van der Waals surface area contributed by atoms with Crippen molar-refractivity contribution in [3.63, 3.8) is 0 Å². The fourth-order valence-electron chi connectivity index (χ4n) is 0.369. The Bertz CT molecular complexity index is 234. The van der Waals surface area contributed by atoms with E-state index in [1.165, 1.54) is 4.72 Å². The van der Waals surface area contributed by atoms with E-state index >= 15 is 0 Å². The van der Waals surface area contributed by atoms with Crippen molar-refractivity contribution in [1.82, 2.24) is 4.72 Å². The van der Waals surface area contributed by atoms with E-state index in [2.05, 4.69) is 0 Å². The first kappa shape index (κ1) is 11.7. The van der Waals surface area contributed by atoms with Gasteiger partial charge < -0.3 is 5.11 Å². The van der Waals surface area contributed by atoms with Gasteiger partial charge in [0, 0.05) is 6.04 Å². The Hall–Kier alpha value is -0.340. The SMILES string of the molecule is CC(CO)NS(=O)(=O)C(F)(F)F. The first-order valence-corrected chi connectivity index (χ1v) is 4.38. The molecule has 0 aliphatic rings. The van der Waals surface area contributed by atoms with Crippen LogP contribution in [0.25, 0.3) is 0 Å². The number of aliphatic hydroxyl groups is 1. The molecule has 0 aliphatic heterocycles. The Morgan fingerprint density at radius 1 is 1.50 bits per heavy atom. The van der Waals surface area contributed by atoms with E-state index < -0.39 is 28.2 Å². The standard InChI is InChI=1S/C4H8F3NO3S/c1-3(2-9)8-12(10,11)4(5,6)7/h3,8-9H,2H2,1H3. The molecular formula is C4H8F3NO3S. The minimum Gasteiger partial charge on any atom is -0.395 e. The zero-order chi connectivity index (χ0) is 9.99. The van der Waals surface area contributed by atoms with Crippen molar-refractivity contribution in [2.45, 2.75) is 18.5 Å². The third-order valence-electron chi connectivity index (χ3n) is 0.935. The molecule has 74 valence electrons. The molecule has 0 bridgehead atoms. The number of aliphatic hydroxyl groups excluding tert-OH is 1. The minimum atomic E-state index is -5.32. The number of nitrogens with one attached hydrogen (secondary N) is 1. The molecule has 0 fully saturated rings. The summed E-state index contributed by atoms with van der Waals surface area (Å²) in [5, 5.41) is 8.27. The van der Waals surface area contributed by atoms with Crippen molar-refractivity contribution >= 4 is 10.0 Å². The van der Waals surface area contributed by atoms with Crippen LogP contribution in [-0.4, -0.2) is 31.7 Å². The fraction of sp³-hybridized carbons (Fsp3) is 1.00. The highest BCUT2D eigenvalue weighted by Gasteiger charge is 2.46. The Morgan fingerprint density at radius 3 is 2.17 bits per heavy atom. The molecule has 0 saturated heterocycles. The van der Waals surface area contributed by atoms with Crippen molar-refractivity contribution in [3.05, 3.63) is 0 Å². The van der Waals surface area contributed by atoms with Gasteiger partial charge in [-0.05, 0) is 6.92 Å². The van der Waals surface area contributed by atoms with Crippen LogP contribution < -0.4 is 4.72 Å². The van der Waals surface area contributed by atoms with E-state index in [-0.39, 0.29) is 0 Å². The minimum absolute atomic E-state index is 0.685. The van der Waals surface area contributed by atoms with Crippen LogP contribution in [0, 0.1) is 0 Å². The lowest BCUT2D eigenvalue weighted by Crippen LogP contribution is -2.42. The molecule has 0 saturated carbocycles. The second kappa shape index (κ2) is 3.58. The van der Waals surface area contributed by atoms with Crippen LogP contribution in [0.3, 0.4) is 0 Å². The average molecular weight is 207 g/mol. The second-order valence-corrected chi connectivity index (χ2v) is 3.86. The summed E-state index contributed by atoms with van der Waals surface area (Å²) < 4.78 is 56.6. The van der Waals surface area contributed by atoms with E-state index in [1.54, 1.807) is 0 Å². The molecular weight excluding hydrogens is 199 g/mol. The van der Waals surface area contributed by atoms with Gasteiger partial charge in [-0.25, -0.2) is 13.1 Å². The van der Waals surface area contributed by atoms with E-state index in [4.69, 9.17) is 5.11 Å². The maximum atomic E-state index is 11.6. The van der Waals surface area contributed by atoms with Gasteiger partial charge in [-0.3, -0.25) is 0 Å². The molecule has 0 aromatic carbocycles. The zero-order valence-corrected chi connectivity index (χ0v) is 6.91. The Balaban J connectivity index is 4.46. The normalized spacial score (nSPS) is 16.1. The van der Waals surface area contributed by atoms with Crippen LogP contribution in [0.2, 0.25) is 0 Å². The third kappa shape index (κ3) is 2.95. The number of halogens is 3. The molecule has 1 unspecified atom stereocenters. The Kier molecular flexibility index (Phi) is 3.48. The highest BCUT2D eigenvalue weighted by Crippen LogP contribution is 2.21. The number of sulfonamides is 1. The van der Waals surface area contributed by atoms with Gasteiger partial charge in [0.15, 0.2) is 0 Å². The van der Waals surface area contributed by atoms with Crippen LogP contribution in [-0.2, 0) is 10.0 Å². The predicted molar refractivity (Wildman–Crippen MR) is 34.7 cm³/mol. The molecule has 0 aliphatic carbocycles. The molecule has 0 amide bonds.